The molecule has 0 saturated carbocycles. The van der Waals surface area contributed by atoms with Gasteiger partial charge in [-0.05, 0) is 25.9 Å². The van der Waals surface area contributed by atoms with Crippen LogP contribution < -0.4 is 0 Å². The third-order valence-corrected chi connectivity index (χ3v) is 4.21. The molecule has 0 spiro atoms. The van der Waals surface area contributed by atoms with E-state index in [1.54, 1.807) is 13.8 Å². The maximum atomic E-state index is 12.0. The minimum Gasteiger partial charge on any atom is -0.466 e. The summed E-state index contributed by atoms with van der Waals surface area (Å²) in [6.45, 7) is 5.82. The minimum absolute atomic E-state index is 0.209. The summed E-state index contributed by atoms with van der Waals surface area (Å²) >= 11 is 0. The monoisotopic (exact) mass is 371 g/mol. The molecule has 1 aliphatic heterocycles. The minimum atomic E-state index is -1.43. The van der Waals surface area contributed by atoms with Gasteiger partial charge in [-0.1, -0.05) is 20.3 Å². The Morgan fingerprint density at radius 2 is 1.69 bits per heavy atom. The Balaban J connectivity index is 2.36. The quantitative estimate of drug-likeness (QED) is 0.358. The number of rotatable bonds is 9. The Hall–Kier alpha value is -1.93. The molecule has 0 amide bonds. The van der Waals surface area contributed by atoms with Gasteiger partial charge in [0.2, 0.25) is 0 Å². The normalized spacial score (nSPS) is 16.9. The highest BCUT2D eigenvalue weighted by Crippen LogP contribution is 2.22. The standard InChI is InChI=1S/C18H29NO7/c1-18(2,13-26-15(21)8-7-14(20)24-3)16(22)17(23)25-12-11-19-9-5-4-6-10-19/h7-8,16,22H,4-6,9-13H2,1-3H3/b8-7+/t16-/m0/s1. The zero-order valence-corrected chi connectivity index (χ0v) is 15.7. The van der Waals surface area contributed by atoms with E-state index in [2.05, 4.69) is 9.64 Å². The molecule has 0 aliphatic carbocycles. The molecule has 26 heavy (non-hydrogen) atoms. The van der Waals surface area contributed by atoms with Gasteiger partial charge >= 0.3 is 17.9 Å². The Bertz CT molecular complexity index is 510. The summed E-state index contributed by atoms with van der Waals surface area (Å²) in [5, 5.41) is 10.2. The molecule has 1 fully saturated rings. The summed E-state index contributed by atoms with van der Waals surface area (Å²) in [5.74, 6) is -2.19. The average molecular weight is 371 g/mol. The molecule has 0 aromatic rings. The van der Waals surface area contributed by atoms with Crippen LogP contribution in [0.4, 0.5) is 0 Å². The molecule has 0 aromatic carbocycles. The van der Waals surface area contributed by atoms with E-state index in [4.69, 9.17) is 9.47 Å². The fourth-order valence-electron chi connectivity index (χ4n) is 2.44. The number of hydrogen-bond donors (Lipinski definition) is 1. The van der Waals surface area contributed by atoms with Crippen molar-refractivity contribution in [2.45, 2.75) is 39.2 Å². The highest BCUT2D eigenvalue weighted by Gasteiger charge is 2.36. The van der Waals surface area contributed by atoms with Gasteiger partial charge in [0.1, 0.15) is 6.61 Å². The lowest BCUT2D eigenvalue weighted by molar-refractivity contribution is -0.165. The number of ether oxygens (including phenoxy) is 3. The van der Waals surface area contributed by atoms with Crippen LogP contribution in [0, 0.1) is 5.41 Å². The second kappa shape index (κ2) is 10.9. The summed E-state index contributed by atoms with van der Waals surface area (Å²) in [5.41, 5.74) is -1.03. The molecule has 1 aliphatic rings. The molecule has 8 nitrogen and oxygen atoms in total. The number of aliphatic hydroxyl groups is 1. The van der Waals surface area contributed by atoms with Crippen molar-refractivity contribution >= 4 is 17.9 Å². The largest absolute Gasteiger partial charge is 0.466 e. The smallest absolute Gasteiger partial charge is 0.335 e. The van der Waals surface area contributed by atoms with Crippen molar-refractivity contribution in [2.75, 3.05) is 40.0 Å². The van der Waals surface area contributed by atoms with E-state index in [0.29, 0.717) is 6.54 Å². The van der Waals surface area contributed by atoms with E-state index in [9.17, 15) is 19.5 Å². The van der Waals surface area contributed by atoms with Crippen LogP contribution >= 0.6 is 0 Å². The van der Waals surface area contributed by atoms with Crippen molar-refractivity contribution in [2.24, 2.45) is 5.41 Å². The van der Waals surface area contributed by atoms with Crippen LogP contribution in [-0.2, 0) is 28.6 Å². The van der Waals surface area contributed by atoms with Gasteiger partial charge in [-0.2, -0.15) is 0 Å². The number of methoxy groups -OCH3 is 1. The molecule has 148 valence electrons. The van der Waals surface area contributed by atoms with E-state index in [1.807, 2.05) is 0 Å². The Morgan fingerprint density at radius 3 is 2.31 bits per heavy atom. The molecule has 0 bridgehead atoms. The second-order valence-electron chi connectivity index (χ2n) is 6.93. The number of piperidine rings is 1. The topological polar surface area (TPSA) is 102 Å². The lowest BCUT2D eigenvalue weighted by Gasteiger charge is -2.29. The summed E-state index contributed by atoms with van der Waals surface area (Å²) in [6, 6.07) is 0. The van der Waals surface area contributed by atoms with Crippen LogP contribution in [0.2, 0.25) is 0 Å². The molecular formula is C18H29NO7. The molecule has 8 heteroatoms. The number of carbonyl (C=O) groups is 3. The highest BCUT2D eigenvalue weighted by molar-refractivity contribution is 5.91. The number of carbonyl (C=O) groups excluding carboxylic acids is 3. The molecule has 0 radical (unpaired) electrons. The Kier molecular flexibility index (Phi) is 9.29. The number of hydrogen-bond acceptors (Lipinski definition) is 8. The van der Waals surface area contributed by atoms with E-state index >= 15 is 0 Å². The third kappa shape index (κ3) is 7.97. The first-order chi connectivity index (χ1) is 12.3. The fourth-order valence-corrected chi connectivity index (χ4v) is 2.44. The first-order valence-corrected chi connectivity index (χ1v) is 8.76. The van der Waals surface area contributed by atoms with Gasteiger partial charge in [-0.25, -0.2) is 14.4 Å². The van der Waals surface area contributed by atoms with Crippen LogP contribution in [0.3, 0.4) is 0 Å². The lowest BCUT2D eigenvalue weighted by atomic mass is 9.87. The van der Waals surface area contributed by atoms with Crippen LogP contribution in [0.1, 0.15) is 33.1 Å². The van der Waals surface area contributed by atoms with E-state index in [0.717, 1.165) is 38.1 Å². The lowest BCUT2D eigenvalue weighted by Crippen LogP contribution is -2.42. The molecule has 1 rings (SSSR count). The van der Waals surface area contributed by atoms with E-state index in [-0.39, 0.29) is 13.2 Å². The zero-order chi connectivity index (χ0) is 19.6. The molecule has 1 heterocycles. The predicted octanol–water partition coefficient (Wildman–Crippen LogP) is 0.675. The summed E-state index contributed by atoms with van der Waals surface area (Å²) < 4.78 is 14.5. The predicted molar refractivity (Wildman–Crippen MR) is 93.2 cm³/mol. The molecular weight excluding hydrogens is 342 g/mol. The number of likely N-dealkylation sites (tertiary alicyclic amines) is 1. The van der Waals surface area contributed by atoms with Gasteiger partial charge in [0, 0.05) is 24.1 Å². The Labute approximate surface area is 154 Å². The van der Waals surface area contributed by atoms with E-state index < -0.39 is 29.4 Å². The maximum absolute atomic E-state index is 12.0. The van der Waals surface area contributed by atoms with Crippen LogP contribution in [0.5, 0.6) is 0 Å². The fraction of sp³-hybridized carbons (Fsp3) is 0.722. The van der Waals surface area contributed by atoms with Crippen molar-refractivity contribution in [3.05, 3.63) is 12.2 Å². The van der Waals surface area contributed by atoms with E-state index in [1.165, 1.54) is 13.5 Å². The van der Waals surface area contributed by atoms with Gasteiger partial charge in [0.25, 0.3) is 0 Å². The first kappa shape index (κ1) is 22.1. The second-order valence-corrected chi connectivity index (χ2v) is 6.93. The number of nitrogens with zero attached hydrogens (tertiary/aromatic N) is 1. The highest BCUT2D eigenvalue weighted by atomic mass is 16.6. The zero-order valence-electron chi connectivity index (χ0n) is 15.7. The SMILES string of the molecule is COC(=O)/C=C/C(=O)OCC(C)(C)[C@@H](O)C(=O)OCCN1CCCCC1. The summed E-state index contributed by atoms with van der Waals surface area (Å²) in [4.78, 5) is 36.7. The number of aliphatic hydroxyl groups excluding tert-OH is 1. The molecule has 1 saturated heterocycles. The van der Waals surface area contributed by atoms with Crippen LogP contribution in [-0.4, -0.2) is 74.0 Å². The molecule has 0 unspecified atom stereocenters. The molecule has 1 atom stereocenters. The van der Waals surface area contributed by atoms with Crippen molar-refractivity contribution in [1.82, 2.24) is 4.90 Å². The van der Waals surface area contributed by atoms with Gasteiger partial charge in [-0.3, -0.25) is 4.90 Å². The van der Waals surface area contributed by atoms with Crippen LogP contribution in [0.25, 0.3) is 0 Å². The molecule has 0 aromatic heterocycles. The summed E-state index contributed by atoms with van der Waals surface area (Å²) in [6.07, 6.45) is 3.96. The van der Waals surface area contributed by atoms with Gasteiger partial charge in [-0.15, -0.1) is 0 Å². The van der Waals surface area contributed by atoms with Crippen LogP contribution in [0.15, 0.2) is 12.2 Å². The average Bonchev–Trinajstić information content (AvgIpc) is 2.64. The van der Waals surface area contributed by atoms with Crippen molar-refractivity contribution in [3.8, 4) is 0 Å². The van der Waals surface area contributed by atoms with Gasteiger partial charge in [0.15, 0.2) is 6.10 Å². The van der Waals surface area contributed by atoms with Crippen molar-refractivity contribution < 1.29 is 33.7 Å². The summed E-state index contributed by atoms with van der Waals surface area (Å²) in [7, 11) is 1.19. The third-order valence-electron chi connectivity index (χ3n) is 4.21. The van der Waals surface area contributed by atoms with Gasteiger partial charge in [0.05, 0.1) is 13.7 Å². The number of esters is 3. The molecule has 1 N–H and O–H groups in total. The maximum Gasteiger partial charge on any atom is 0.335 e. The van der Waals surface area contributed by atoms with Gasteiger partial charge < -0.3 is 19.3 Å². The van der Waals surface area contributed by atoms with Crippen molar-refractivity contribution in [1.29, 1.82) is 0 Å². The Morgan fingerprint density at radius 1 is 1.08 bits per heavy atom. The van der Waals surface area contributed by atoms with Crippen molar-refractivity contribution in [3.63, 3.8) is 0 Å². The first-order valence-electron chi connectivity index (χ1n) is 8.76.